The third-order valence-electron chi connectivity index (χ3n) is 6.75. The van der Waals surface area contributed by atoms with E-state index >= 15 is 0 Å². The van der Waals surface area contributed by atoms with E-state index in [9.17, 15) is 9.18 Å². The lowest BCUT2D eigenvalue weighted by atomic mass is 9.86. The van der Waals surface area contributed by atoms with Crippen molar-refractivity contribution in [3.63, 3.8) is 0 Å². The van der Waals surface area contributed by atoms with Gasteiger partial charge in [0, 0.05) is 37.2 Å². The number of carbonyl (C=O) groups excluding carboxylic acids is 1. The van der Waals surface area contributed by atoms with E-state index in [2.05, 4.69) is 17.5 Å². The molecular weight excluding hydrogens is 481 g/mol. The first-order valence-corrected chi connectivity index (χ1v) is 12.8. The molecule has 1 heterocycles. The Labute approximate surface area is 224 Å². The molecule has 0 bridgehead atoms. The standard InChI is InChI=1S/C31H34FN3O3/c1-31(2,3)38-30(36)35-16-15-28(27(20-35)23-9-12-26(32)13-10-23)34-19-25-17-24(11-14-29(25)37-4)22-7-5-21(18-33)6-8-22/h5-14,17,27-28,34H,15-16,19-20H2,1-4H3/t27-,28-/m0/s1. The highest BCUT2D eigenvalue weighted by Gasteiger charge is 2.34. The fourth-order valence-electron chi connectivity index (χ4n) is 4.81. The lowest BCUT2D eigenvalue weighted by molar-refractivity contribution is 0.0175. The van der Waals surface area contributed by atoms with Gasteiger partial charge in [-0.05, 0) is 80.3 Å². The molecule has 0 saturated carbocycles. The Kier molecular flexibility index (Phi) is 8.33. The van der Waals surface area contributed by atoms with Crippen LogP contribution in [0.2, 0.25) is 0 Å². The van der Waals surface area contributed by atoms with Crippen LogP contribution in [-0.2, 0) is 11.3 Å². The summed E-state index contributed by atoms with van der Waals surface area (Å²) in [6, 6.07) is 22.3. The molecule has 0 unspecified atom stereocenters. The minimum Gasteiger partial charge on any atom is -0.496 e. The van der Waals surface area contributed by atoms with Crippen LogP contribution < -0.4 is 10.1 Å². The van der Waals surface area contributed by atoms with Crippen LogP contribution in [0.4, 0.5) is 9.18 Å². The molecule has 1 saturated heterocycles. The number of carbonyl (C=O) groups is 1. The van der Waals surface area contributed by atoms with Crippen LogP contribution in [0.1, 0.15) is 49.8 Å². The predicted octanol–water partition coefficient (Wildman–Crippen LogP) is 6.26. The second-order valence-corrected chi connectivity index (χ2v) is 10.6. The van der Waals surface area contributed by atoms with Gasteiger partial charge in [-0.2, -0.15) is 5.26 Å². The van der Waals surface area contributed by atoms with Crippen molar-refractivity contribution < 1.29 is 18.7 Å². The third-order valence-corrected chi connectivity index (χ3v) is 6.75. The summed E-state index contributed by atoms with van der Waals surface area (Å²) in [5.41, 5.74) is 4.06. The van der Waals surface area contributed by atoms with E-state index < -0.39 is 5.60 Å². The molecule has 0 spiro atoms. The summed E-state index contributed by atoms with van der Waals surface area (Å²) in [5, 5.41) is 12.8. The second-order valence-electron chi connectivity index (χ2n) is 10.6. The van der Waals surface area contributed by atoms with Crippen molar-refractivity contribution in [3.05, 3.63) is 89.2 Å². The molecule has 1 amide bonds. The molecule has 1 aliphatic heterocycles. The van der Waals surface area contributed by atoms with Crippen molar-refractivity contribution in [1.82, 2.24) is 10.2 Å². The smallest absolute Gasteiger partial charge is 0.410 e. The molecule has 2 atom stereocenters. The third kappa shape index (κ3) is 6.70. The molecule has 7 heteroatoms. The zero-order valence-electron chi connectivity index (χ0n) is 22.3. The summed E-state index contributed by atoms with van der Waals surface area (Å²) in [6.07, 6.45) is 0.388. The van der Waals surface area contributed by atoms with Crippen LogP contribution >= 0.6 is 0 Å². The van der Waals surface area contributed by atoms with Gasteiger partial charge in [-0.3, -0.25) is 0 Å². The number of rotatable bonds is 6. The molecule has 1 fully saturated rings. The summed E-state index contributed by atoms with van der Waals surface area (Å²) < 4.78 is 24.9. The second kappa shape index (κ2) is 11.7. The highest BCUT2D eigenvalue weighted by atomic mass is 19.1. The zero-order chi connectivity index (χ0) is 27.3. The van der Waals surface area contributed by atoms with Gasteiger partial charge in [0.15, 0.2) is 0 Å². The summed E-state index contributed by atoms with van der Waals surface area (Å²) in [5.74, 6) is 0.450. The number of hydrogen-bond acceptors (Lipinski definition) is 5. The number of hydrogen-bond donors (Lipinski definition) is 1. The van der Waals surface area contributed by atoms with Gasteiger partial charge in [-0.1, -0.05) is 30.3 Å². The molecule has 3 aromatic rings. The molecule has 38 heavy (non-hydrogen) atoms. The molecule has 0 aromatic heterocycles. The largest absolute Gasteiger partial charge is 0.496 e. The number of methoxy groups -OCH3 is 1. The summed E-state index contributed by atoms with van der Waals surface area (Å²) in [6.45, 7) is 7.16. The average molecular weight is 516 g/mol. The van der Waals surface area contributed by atoms with Crippen LogP contribution in [0.3, 0.4) is 0 Å². The highest BCUT2D eigenvalue weighted by Crippen LogP contribution is 2.31. The molecule has 0 aliphatic carbocycles. The lowest BCUT2D eigenvalue weighted by Crippen LogP contribution is -2.50. The number of nitrogens with zero attached hydrogens (tertiary/aromatic N) is 2. The number of benzene rings is 3. The van der Waals surface area contributed by atoms with E-state index in [4.69, 9.17) is 14.7 Å². The summed E-state index contributed by atoms with van der Waals surface area (Å²) in [7, 11) is 1.65. The van der Waals surface area contributed by atoms with Gasteiger partial charge >= 0.3 is 6.09 Å². The van der Waals surface area contributed by atoms with Crippen molar-refractivity contribution in [2.75, 3.05) is 20.2 Å². The predicted molar refractivity (Wildman–Crippen MR) is 145 cm³/mol. The zero-order valence-corrected chi connectivity index (χ0v) is 22.3. The number of nitriles is 1. The van der Waals surface area contributed by atoms with E-state index in [0.29, 0.717) is 25.2 Å². The first-order valence-electron chi connectivity index (χ1n) is 12.8. The Bertz CT molecular complexity index is 1290. The fraction of sp³-hybridized carbons (Fsp3) is 0.355. The van der Waals surface area contributed by atoms with Crippen molar-refractivity contribution in [3.8, 4) is 22.9 Å². The minimum absolute atomic E-state index is 0.0374. The maximum absolute atomic E-state index is 13.7. The Morgan fingerprint density at radius 2 is 1.76 bits per heavy atom. The molecule has 6 nitrogen and oxygen atoms in total. The summed E-state index contributed by atoms with van der Waals surface area (Å²) in [4.78, 5) is 14.6. The Hall–Kier alpha value is -3.89. The topological polar surface area (TPSA) is 74.6 Å². The molecule has 0 radical (unpaired) electrons. The first kappa shape index (κ1) is 27.2. The van der Waals surface area contributed by atoms with Gasteiger partial charge in [0.1, 0.15) is 17.2 Å². The SMILES string of the molecule is COc1ccc(-c2ccc(C#N)cc2)cc1CN[C@H]1CCN(C(=O)OC(C)(C)C)C[C@H]1c1ccc(F)cc1. The van der Waals surface area contributed by atoms with Crippen LogP contribution in [0.5, 0.6) is 5.75 Å². The maximum Gasteiger partial charge on any atom is 0.410 e. The molecule has 198 valence electrons. The number of likely N-dealkylation sites (tertiary alicyclic amines) is 1. The number of nitrogens with one attached hydrogen (secondary N) is 1. The number of halogens is 1. The lowest BCUT2D eigenvalue weighted by Gasteiger charge is -2.40. The van der Waals surface area contributed by atoms with Gasteiger partial charge in [0.05, 0.1) is 18.7 Å². The maximum atomic E-state index is 13.7. The van der Waals surface area contributed by atoms with Crippen molar-refractivity contribution in [1.29, 1.82) is 5.26 Å². The minimum atomic E-state index is -0.575. The fourth-order valence-corrected chi connectivity index (χ4v) is 4.81. The normalized spacial score (nSPS) is 17.5. The Morgan fingerprint density at radius 3 is 2.39 bits per heavy atom. The van der Waals surface area contributed by atoms with Crippen molar-refractivity contribution in [2.24, 2.45) is 0 Å². The monoisotopic (exact) mass is 515 g/mol. The first-order chi connectivity index (χ1) is 18.2. The van der Waals surface area contributed by atoms with Crippen LogP contribution in [0, 0.1) is 17.1 Å². The van der Waals surface area contributed by atoms with Gasteiger partial charge in [0.2, 0.25) is 0 Å². The molecular formula is C31H34FN3O3. The van der Waals surface area contributed by atoms with Crippen molar-refractivity contribution >= 4 is 6.09 Å². The quantitative estimate of drug-likeness (QED) is 0.420. The molecule has 1 aliphatic rings. The summed E-state index contributed by atoms with van der Waals surface area (Å²) >= 11 is 0. The van der Waals surface area contributed by atoms with Crippen molar-refractivity contribution in [2.45, 2.75) is 51.3 Å². The van der Waals surface area contributed by atoms with Crippen LogP contribution in [0.15, 0.2) is 66.7 Å². The van der Waals surface area contributed by atoms with Gasteiger partial charge in [0.25, 0.3) is 0 Å². The average Bonchev–Trinajstić information content (AvgIpc) is 2.91. The van der Waals surface area contributed by atoms with E-state index in [1.165, 1.54) is 12.1 Å². The van der Waals surface area contributed by atoms with E-state index in [1.54, 1.807) is 24.1 Å². The molecule has 3 aromatic carbocycles. The van der Waals surface area contributed by atoms with Crippen LogP contribution in [0.25, 0.3) is 11.1 Å². The van der Waals surface area contributed by atoms with E-state index in [-0.39, 0.29) is 23.9 Å². The molecule has 4 rings (SSSR count). The van der Waals surface area contributed by atoms with Gasteiger partial charge in [-0.25, -0.2) is 9.18 Å². The van der Waals surface area contributed by atoms with E-state index in [0.717, 1.165) is 34.4 Å². The van der Waals surface area contributed by atoms with Crippen LogP contribution in [-0.4, -0.2) is 42.8 Å². The highest BCUT2D eigenvalue weighted by molar-refractivity contribution is 5.68. The van der Waals surface area contributed by atoms with Gasteiger partial charge < -0.3 is 19.7 Å². The number of ether oxygens (including phenoxy) is 2. The molecule has 1 N–H and O–H groups in total. The van der Waals surface area contributed by atoms with E-state index in [1.807, 2.05) is 57.2 Å². The number of amides is 1. The van der Waals surface area contributed by atoms with Gasteiger partial charge in [-0.15, -0.1) is 0 Å². The Morgan fingerprint density at radius 1 is 1.08 bits per heavy atom. The number of piperidine rings is 1. The Balaban J connectivity index is 1.54.